The van der Waals surface area contributed by atoms with Crippen LogP contribution in [-0.2, 0) is 19.5 Å². The molecular formula is C22H23N3O3. The van der Waals surface area contributed by atoms with Crippen LogP contribution in [0.5, 0.6) is 11.5 Å². The number of aromatic amines is 1. The Morgan fingerprint density at radius 1 is 1.14 bits per heavy atom. The van der Waals surface area contributed by atoms with E-state index in [9.17, 15) is 15.0 Å². The molecule has 0 bridgehead atoms. The molecule has 0 amide bonds. The maximum absolute atomic E-state index is 12.6. The van der Waals surface area contributed by atoms with Crippen LogP contribution in [0.1, 0.15) is 27.9 Å². The summed E-state index contributed by atoms with van der Waals surface area (Å²) >= 11 is 0. The zero-order valence-electron chi connectivity index (χ0n) is 16.0. The molecule has 0 unspecified atom stereocenters. The van der Waals surface area contributed by atoms with E-state index >= 15 is 0 Å². The van der Waals surface area contributed by atoms with Gasteiger partial charge in [-0.15, -0.1) is 0 Å². The molecule has 3 N–H and O–H groups in total. The molecule has 144 valence electrons. The predicted molar refractivity (Wildman–Crippen MR) is 107 cm³/mol. The van der Waals surface area contributed by atoms with Crippen LogP contribution >= 0.6 is 0 Å². The van der Waals surface area contributed by atoms with Gasteiger partial charge in [0, 0.05) is 42.4 Å². The van der Waals surface area contributed by atoms with E-state index < -0.39 is 0 Å². The van der Waals surface area contributed by atoms with Crippen molar-refractivity contribution in [3.63, 3.8) is 0 Å². The number of H-pyrrole nitrogens is 1. The molecule has 0 saturated carbocycles. The molecule has 0 aliphatic carbocycles. The van der Waals surface area contributed by atoms with Gasteiger partial charge in [0.1, 0.15) is 17.3 Å². The highest BCUT2D eigenvalue weighted by atomic mass is 16.3. The van der Waals surface area contributed by atoms with Gasteiger partial charge in [-0.2, -0.15) is 0 Å². The second-order valence-electron chi connectivity index (χ2n) is 7.43. The van der Waals surface area contributed by atoms with Crippen LogP contribution in [0.25, 0.3) is 11.4 Å². The number of aromatic nitrogens is 2. The molecule has 0 spiro atoms. The summed E-state index contributed by atoms with van der Waals surface area (Å²) in [5.74, 6) is 0.718. The number of phenols is 2. The summed E-state index contributed by atoms with van der Waals surface area (Å²) in [6.07, 6.45) is 0.615. The number of benzene rings is 2. The molecule has 3 aromatic rings. The molecule has 1 aliphatic heterocycles. The van der Waals surface area contributed by atoms with Gasteiger partial charge >= 0.3 is 0 Å². The molecule has 1 aliphatic rings. The average molecular weight is 377 g/mol. The first kappa shape index (κ1) is 18.3. The van der Waals surface area contributed by atoms with Crippen molar-refractivity contribution in [3.8, 4) is 22.9 Å². The highest BCUT2D eigenvalue weighted by molar-refractivity contribution is 5.55. The standard InChI is InChI=1S/C22H23N3O3/c1-13-3-5-15(6-4-13)21-23-19-12-25(8-7-17(19)22(28)24-21)11-18-14(2)9-16(26)10-20(18)27/h3-6,9-10,26-27H,7-8,11-12H2,1-2H3,(H,23,24,28). The van der Waals surface area contributed by atoms with Crippen LogP contribution in [0.4, 0.5) is 0 Å². The van der Waals surface area contributed by atoms with Gasteiger partial charge in [-0.05, 0) is 31.9 Å². The zero-order valence-corrected chi connectivity index (χ0v) is 16.0. The molecule has 0 saturated heterocycles. The van der Waals surface area contributed by atoms with Gasteiger partial charge in [-0.3, -0.25) is 9.69 Å². The lowest BCUT2D eigenvalue weighted by atomic mass is 10.0. The minimum Gasteiger partial charge on any atom is -0.508 e. The molecule has 6 heteroatoms. The van der Waals surface area contributed by atoms with Crippen molar-refractivity contribution in [2.75, 3.05) is 6.54 Å². The highest BCUT2D eigenvalue weighted by Crippen LogP contribution is 2.29. The fourth-order valence-electron chi connectivity index (χ4n) is 3.69. The van der Waals surface area contributed by atoms with Crippen molar-refractivity contribution in [2.24, 2.45) is 0 Å². The third kappa shape index (κ3) is 3.51. The van der Waals surface area contributed by atoms with Crippen molar-refractivity contribution < 1.29 is 10.2 Å². The number of aryl methyl sites for hydroxylation is 2. The number of nitrogens with one attached hydrogen (secondary N) is 1. The first-order chi connectivity index (χ1) is 13.4. The van der Waals surface area contributed by atoms with Crippen LogP contribution in [0.15, 0.2) is 41.2 Å². The van der Waals surface area contributed by atoms with Gasteiger partial charge in [0.15, 0.2) is 0 Å². The fourth-order valence-corrected chi connectivity index (χ4v) is 3.69. The Hall–Kier alpha value is -3.12. The van der Waals surface area contributed by atoms with Gasteiger partial charge in [0.2, 0.25) is 0 Å². The van der Waals surface area contributed by atoms with E-state index in [1.165, 1.54) is 6.07 Å². The summed E-state index contributed by atoms with van der Waals surface area (Å²) in [7, 11) is 0. The van der Waals surface area contributed by atoms with E-state index in [1.54, 1.807) is 6.07 Å². The number of aromatic hydroxyl groups is 2. The lowest BCUT2D eigenvalue weighted by Crippen LogP contribution is -2.35. The van der Waals surface area contributed by atoms with Gasteiger partial charge in [0.25, 0.3) is 5.56 Å². The quantitative estimate of drug-likeness (QED) is 0.653. The van der Waals surface area contributed by atoms with Gasteiger partial charge in [-0.1, -0.05) is 29.8 Å². The van der Waals surface area contributed by atoms with Crippen LogP contribution in [0, 0.1) is 13.8 Å². The molecule has 0 radical (unpaired) electrons. The van der Waals surface area contributed by atoms with Gasteiger partial charge in [0.05, 0.1) is 5.69 Å². The van der Waals surface area contributed by atoms with E-state index in [2.05, 4.69) is 9.88 Å². The first-order valence-corrected chi connectivity index (χ1v) is 9.33. The smallest absolute Gasteiger partial charge is 0.254 e. The monoisotopic (exact) mass is 377 g/mol. The molecule has 28 heavy (non-hydrogen) atoms. The number of hydrogen-bond donors (Lipinski definition) is 3. The number of hydrogen-bond acceptors (Lipinski definition) is 5. The van der Waals surface area contributed by atoms with Crippen molar-refractivity contribution in [1.82, 2.24) is 14.9 Å². The summed E-state index contributed by atoms with van der Waals surface area (Å²) < 4.78 is 0. The Kier molecular flexibility index (Phi) is 4.65. The van der Waals surface area contributed by atoms with E-state index in [0.29, 0.717) is 31.9 Å². The lowest BCUT2D eigenvalue weighted by Gasteiger charge is -2.28. The Morgan fingerprint density at radius 3 is 2.61 bits per heavy atom. The summed E-state index contributed by atoms with van der Waals surface area (Å²) in [5.41, 5.74) is 5.09. The molecule has 0 fully saturated rings. The Bertz CT molecular complexity index is 1060. The Morgan fingerprint density at radius 2 is 1.89 bits per heavy atom. The summed E-state index contributed by atoms with van der Waals surface area (Å²) in [5, 5.41) is 19.8. The van der Waals surface area contributed by atoms with Gasteiger partial charge in [-0.25, -0.2) is 4.98 Å². The third-order valence-corrected chi connectivity index (χ3v) is 5.29. The Balaban J connectivity index is 1.63. The Labute approximate surface area is 163 Å². The largest absolute Gasteiger partial charge is 0.508 e. The maximum atomic E-state index is 12.6. The molecule has 0 atom stereocenters. The third-order valence-electron chi connectivity index (χ3n) is 5.29. The minimum atomic E-state index is -0.0797. The second kappa shape index (κ2) is 7.13. The van der Waals surface area contributed by atoms with Crippen molar-refractivity contribution in [2.45, 2.75) is 33.4 Å². The van der Waals surface area contributed by atoms with E-state index in [1.807, 2.05) is 38.1 Å². The molecule has 2 heterocycles. The summed E-state index contributed by atoms with van der Waals surface area (Å²) in [4.78, 5) is 22.3. The molecule has 1 aromatic heterocycles. The van der Waals surface area contributed by atoms with Crippen LogP contribution in [0.3, 0.4) is 0 Å². The molecule has 4 rings (SSSR count). The van der Waals surface area contributed by atoms with E-state index in [0.717, 1.165) is 33.5 Å². The lowest BCUT2D eigenvalue weighted by molar-refractivity contribution is 0.237. The number of rotatable bonds is 3. The number of fused-ring (bicyclic) bond motifs is 1. The minimum absolute atomic E-state index is 0.0543. The molecule has 2 aromatic carbocycles. The van der Waals surface area contributed by atoms with Crippen LogP contribution in [-0.4, -0.2) is 31.6 Å². The van der Waals surface area contributed by atoms with Gasteiger partial charge < -0.3 is 15.2 Å². The maximum Gasteiger partial charge on any atom is 0.254 e. The SMILES string of the molecule is Cc1ccc(-c2nc3c(c(=O)[nH]2)CCN(Cc2c(C)cc(O)cc2O)C3)cc1. The van der Waals surface area contributed by atoms with Crippen LogP contribution in [0.2, 0.25) is 0 Å². The summed E-state index contributed by atoms with van der Waals surface area (Å²) in [6.45, 7) is 5.67. The zero-order chi connectivity index (χ0) is 19.8. The average Bonchev–Trinajstić information content (AvgIpc) is 2.65. The summed E-state index contributed by atoms with van der Waals surface area (Å²) in [6, 6.07) is 10.9. The van der Waals surface area contributed by atoms with Crippen molar-refractivity contribution in [1.29, 1.82) is 0 Å². The van der Waals surface area contributed by atoms with Crippen LogP contribution < -0.4 is 5.56 Å². The predicted octanol–water partition coefficient (Wildman–Crippen LogP) is 3.02. The van der Waals surface area contributed by atoms with E-state index in [4.69, 9.17) is 4.98 Å². The number of nitrogens with zero attached hydrogens (tertiary/aromatic N) is 2. The molecular weight excluding hydrogens is 354 g/mol. The van der Waals surface area contributed by atoms with Crippen molar-refractivity contribution in [3.05, 3.63) is 74.7 Å². The fraction of sp³-hybridized carbons (Fsp3) is 0.273. The number of phenolic OH excluding ortho intramolecular Hbond substituents is 2. The highest BCUT2D eigenvalue weighted by Gasteiger charge is 2.23. The normalized spacial score (nSPS) is 14.1. The topological polar surface area (TPSA) is 89.5 Å². The second-order valence-corrected chi connectivity index (χ2v) is 7.43. The van der Waals surface area contributed by atoms with Crippen molar-refractivity contribution >= 4 is 0 Å². The van der Waals surface area contributed by atoms with E-state index in [-0.39, 0.29) is 17.1 Å². The molecule has 6 nitrogen and oxygen atoms in total. The first-order valence-electron chi connectivity index (χ1n) is 9.33.